The molecule has 3 N–H and O–H groups in total. The number of aromatic nitrogens is 1. The topological polar surface area (TPSA) is 110 Å². The highest BCUT2D eigenvalue weighted by molar-refractivity contribution is 5.98. The first-order chi connectivity index (χ1) is 15.0. The van der Waals surface area contributed by atoms with Crippen molar-refractivity contribution in [1.82, 2.24) is 15.6 Å². The van der Waals surface area contributed by atoms with Gasteiger partial charge in [0.15, 0.2) is 0 Å². The van der Waals surface area contributed by atoms with Crippen LogP contribution in [0.25, 0.3) is 0 Å². The molecule has 4 rings (SSSR count). The van der Waals surface area contributed by atoms with Crippen molar-refractivity contribution in [2.24, 2.45) is 0 Å². The summed E-state index contributed by atoms with van der Waals surface area (Å²) in [4.78, 5) is 29.0. The van der Waals surface area contributed by atoms with Crippen molar-refractivity contribution in [2.45, 2.75) is 38.3 Å². The maximum absolute atomic E-state index is 13.1. The number of carbonyl (C=O) groups is 2. The Morgan fingerprint density at radius 2 is 2.10 bits per heavy atom. The fourth-order valence-electron chi connectivity index (χ4n) is 4.10. The summed E-state index contributed by atoms with van der Waals surface area (Å²) in [5.41, 5.74) is 4.95. The Morgan fingerprint density at radius 3 is 2.81 bits per heavy atom. The van der Waals surface area contributed by atoms with Gasteiger partial charge >= 0.3 is 0 Å². The summed E-state index contributed by atoms with van der Waals surface area (Å²) in [6.07, 6.45) is 2.87. The third-order valence-corrected chi connectivity index (χ3v) is 5.94. The van der Waals surface area contributed by atoms with Crippen molar-refractivity contribution in [2.75, 3.05) is 26.9 Å². The van der Waals surface area contributed by atoms with Crippen LogP contribution < -0.4 is 15.4 Å². The molecular formula is C23H27N3O5. The molecule has 0 bridgehead atoms. The average Bonchev–Trinajstić information content (AvgIpc) is 3.27. The zero-order valence-corrected chi connectivity index (χ0v) is 17.7. The molecule has 0 radical (unpaired) electrons. The number of aliphatic hydroxyl groups is 1. The van der Waals surface area contributed by atoms with Crippen LogP contribution in [-0.4, -0.2) is 60.9 Å². The fraction of sp³-hybridized carbons (Fsp3) is 0.435. The van der Waals surface area contributed by atoms with E-state index < -0.39 is 6.10 Å². The summed E-state index contributed by atoms with van der Waals surface area (Å²) in [5.74, 6) is 0.151. The molecule has 2 aromatic rings. The van der Waals surface area contributed by atoms with Gasteiger partial charge in [-0.3, -0.25) is 14.6 Å². The molecule has 2 aliphatic rings. The summed E-state index contributed by atoms with van der Waals surface area (Å²) < 4.78 is 11.1. The molecule has 164 valence electrons. The van der Waals surface area contributed by atoms with E-state index in [2.05, 4.69) is 15.6 Å². The predicted molar refractivity (Wildman–Crippen MR) is 114 cm³/mol. The van der Waals surface area contributed by atoms with Crippen molar-refractivity contribution in [1.29, 1.82) is 0 Å². The normalized spacial score (nSPS) is 20.0. The third-order valence-electron chi connectivity index (χ3n) is 5.94. The molecule has 1 fully saturated rings. The maximum Gasteiger partial charge on any atom is 0.269 e. The van der Waals surface area contributed by atoms with Gasteiger partial charge in [-0.1, -0.05) is 6.07 Å². The lowest BCUT2D eigenvalue weighted by atomic mass is 9.92. The van der Waals surface area contributed by atoms with Crippen LogP contribution in [-0.2, 0) is 17.6 Å². The minimum Gasteiger partial charge on any atom is -0.492 e. The number of aliphatic hydroxyl groups excluding tert-OH is 1. The zero-order chi connectivity index (χ0) is 22.0. The molecule has 2 atom stereocenters. The second kappa shape index (κ2) is 9.03. The number of amides is 2. The van der Waals surface area contributed by atoms with Crippen molar-refractivity contribution in [3.8, 4) is 5.75 Å². The van der Waals surface area contributed by atoms with Crippen LogP contribution in [0, 0.1) is 6.92 Å². The predicted octanol–water partition coefficient (Wildman–Crippen LogP) is 1.15. The van der Waals surface area contributed by atoms with Gasteiger partial charge in [-0.2, -0.15) is 0 Å². The van der Waals surface area contributed by atoms with Crippen molar-refractivity contribution in [3.63, 3.8) is 0 Å². The second-order valence-corrected chi connectivity index (χ2v) is 7.93. The third kappa shape index (κ3) is 4.40. The van der Waals surface area contributed by atoms with Crippen molar-refractivity contribution < 1.29 is 24.2 Å². The lowest BCUT2D eigenvalue weighted by Crippen LogP contribution is -2.48. The molecule has 0 aliphatic carbocycles. The van der Waals surface area contributed by atoms with Crippen LogP contribution in [0.3, 0.4) is 0 Å². The lowest BCUT2D eigenvalue weighted by molar-refractivity contribution is -0.0261. The molecule has 1 saturated heterocycles. The molecule has 2 amide bonds. The van der Waals surface area contributed by atoms with Gasteiger partial charge in [-0.15, -0.1) is 0 Å². The Morgan fingerprint density at radius 1 is 1.26 bits per heavy atom. The summed E-state index contributed by atoms with van der Waals surface area (Å²) >= 11 is 0. The van der Waals surface area contributed by atoms with E-state index in [9.17, 15) is 14.7 Å². The molecule has 1 aromatic heterocycles. The number of hydrogen-bond acceptors (Lipinski definition) is 6. The Balaban J connectivity index is 1.60. The number of nitrogens with one attached hydrogen (secondary N) is 2. The van der Waals surface area contributed by atoms with E-state index >= 15 is 0 Å². The number of benzene rings is 1. The summed E-state index contributed by atoms with van der Waals surface area (Å²) in [5, 5.41) is 15.6. The van der Waals surface area contributed by atoms with Crippen LogP contribution >= 0.6 is 0 Å². The highest BCUT2D eigenvalue weighted by Gasteiger charge is 2.29. The van der Waals surface area contributed by atoms with Crippen LogP contribution in [0.2, 0.25) is 0 Å². The van der Waals surface area contributed by atoms with E-state index in [0.717, 1.165) is 28.7 Å². The first kappa shape index (κ1) is 21.3. The molecule has 2 aliphatic heterocycles. The maximum atomic E-state index is 13.1. The number of rotatable bonds is 5. The van der Waals surface area contributed by atoms with Gasteiger partial charge in [0.25, 0.3) is 11.8 Å². The summed E-state index contributed by atoms with van der Waals surface area (Å²) in [6.45, 7) is 3.31. The minimum absolute atomic E-state index is 0.220. The Hall–Kier alpha value is -2.97. The lowest BCUT2D eigenvalue weighted by Gasteiger charge is -2.28. The number of fused-ring (bicyclic) bond motifs is 1. The van der Waals surface area contributed by atoms with Crippen LogP contribution in [0.1, 0.15) is 49.5 Å². The molecule has 8 heteroatoms. The van der Waals surface area contributed by atoms with E-state index in [1.807, 2.05) is 19.1 Å². The Bertz CT molecular complexity index is 990. The first-order valence-electron chi connectivity index (χ1n) is 10.5. The fourth-order valence-corrected chi connectivity index (χ4v) is 4.10. The average molecular weight is 425 g/mol. The molecule has 3 heterocycles. The van der Waals surface area contributed by atoms with Crippen LogP contribution in [0.4, 0.5) is 0 Å². The van der Waals surface area contributed by atoms with Gasteiger partial charge in [0.05, 0.1) is 30.9 Å². The van der Waals surface area contributed by atoms with Gasteiger partial charge < -0.3 is 25.2 Å². The number of ether oxygens (including phenoxy) is 2. The Kier molecular flexibility index (Phi) is 6.20. The van der Waals surface area contributed by atoms with E-state index in [1.165, 1.54) is 0 Å². The van der Waals surface area contributed by atoms with Crippen molar-refractivity contribution >= 4 is 11.8 Å². The smallest absolute Gasteiger partial charge is 0.269 e. The molecule has 0 saturated carbocycles. The summed E-state index contributed by atoms with van der Waals surface area (Å²) in [7, 11) is 1.57. The highest BCUT2D eigenvalue weighted by atomic mass is 16.5. The largest absolute Gasteiger partial charge is 0.492 e. The van der Waals surface area contributed by atoms with Crippen LogP contribution in [0.5, 0.6) is 5.75 Å². The zero-order valence-electron chi connectivity index (χ0n) is 17.7. The first-order valence-corrected chi connectivity index (χ1v) is 10.5. The molecule has 31 heavy (non-hydrogen) atoms. The number of pyridine rings is 1. The van der Waals surface area contributed by atoms with Gasteiger partial charge in [0.2, 0.25) is 0 Å². The SMILES string of the molecule is CNC(=O)c1ccc(Cc2cc(C(=O)N[C@H]3CCOC[C@@H]3O)c3c(c2C)CCO3)cn1. The highest BCUT2D eigenvalue weighted by Crippen LogP contribution is 2.35. The van der Waals surface area contributed by atoms with Gasteiger partial charge in [0, 0.05) is 31.8 Å². The number of hydrogen-bond donors (Lipinski definition) is 3. The number of carbonyl (C=O) groups excluding carboxylic acids is 2. The molecule has 8 nitrogen and oxygen atoms in total. The minimum atomic E-state index is -0.721. The van der Waals surface area contributed by atoms with E-state index in [4.69, 9.17) is 9.47 Å². The molecular weight excluding hydrogens is 398 g/mol. The van der Waals surface area contributed by atoms with Gasteiger partial charge in [-0.05, 0) is 48.6 Å². The van der Waals surface area contributed by atoms with Gasteiger partial charge in [0.1, 0.15) is 11.4 Å². The molecule has 1 aromatic carbocycles. The molecule has 0 spiro atoms. The molecule has 0 unspecified atom stereocenters. The standard InChI is InChI=1S/C23H27N3O5/c1-13-15(9-14-3-4-19(25-11-14)23(29)24-2)10-17(21-16(13)5-8-31-21)22(28)26-18-6-7-30-12-20(18)27/h3-4,10-11,18,20,27H,5-9,12H2,1-2H3,(H,24,29)(H,26,28)/t18-,20-/m0/s1. The monoisotopic (exact) mass is 425 g/mol. The summed E-state index contributed by atoms with van der Waals surface area (Å²) in [6, 6.07) is 5.09. The second-order valence-electron chi connectivity index (χ2n) is 7.93. The van der Waals surface area contributed by atoms with E-state index in [-0.39, 0.29) is 24.5 Å². The van der Waals surface area contributed by atoms with E-state index in [0.29, 0.717) is 43.1 Å². The quantitative estimate of drug-likeness (QED) is 0.663. The van der Waals surface area contributed by atoms with E-state index in [1.54, 1.807) is 19.3 Å². The van der Waals surface area contributed by atoms with Crippen LogP contribution in [0.15, 0.2) is 24.4 Å². The number of nitrogens with zero attached hydrogens (tertiary/aromatic N) is 1. The van der Waals surface area contributed by atoms with Crippen molar-refractivity contribution in [3.05, 3.63) is 57.9 Å². The Labute approximate surface area is 181 Å². The van der Waals surface area contributed by atoms with Gasteiger partial charge in [-0.25, -0.2) is 0 Å².